The first-order valence-corrected chi connectivity index (χ1v) is 8.03. The Hall–Kier alpha value is -1.75. The first-order valence-electron chi connectivity index (χ1n) is 8.03. The lowest BCUT2D eigenvalue weighted by Crippen LogP contribution is -2.48. The van der Waals surface area contributed by atoms with E-state index in [1.807, 2.05) is 23.1 Å². The molecule has 0 radical (unpaired) electrons. The summed E-state index contributed by atoms with van der Waals surface area (Å²) in [6.45, 7) is 4.46. The number of rotatable bonds is 5. The fourth-order valence-electron chi connectivity index (χ4n) is 3.05. The summed E-state index contributed by atoms with van der Waals surface area (Å²) in [5, 5.41) is 0. The predicted molar refractivity (Wildman–Crippen MR) is 82.1 cm³/mol. The van der Waals surface area contributed by atoms with E-state index >= 15 is 0 Å². The van der Waals surface area contributed by atoms with Crippen molar-refractivity contribution in [3.8, 4) is 11.5 Å². The number of ether oxygens (including phenoxy) is 3. The van der Waals surface area contributed by atoms with Crippen LogP contribution in [0, 0.1) is 0 Å². The van der Waals surface area contributed by atoms with Gasteiger partial charge in [0.25, 0.3) is 0 Å². The summed E-state index contributed by atoms with van der Waals surface area (Å²) in [6, 6.07) is 6.13. The van der Waals surface area contributed by atoms with E-state index < -0.39 is 0 Å². The van der Waals surface area contributed by atoms with Gasteiger partial charge in [-0.2, -0.15) is 0 Å². The second-order valence-corrected chi connectivity index (χ2v) is 5.79. The molecular formula is C17H23NO4. The number of aryl methyl sites for hydroxylation is 1. The second-order valence-electron chi connectivity index (χ2n) is 5.79. The summed E-state index contributed by atoms with van der Waals surface area (Å²) in [5.41, 5.74) is 1.11. The topological polar surface area (TPSA) is 48.0 Å². The molecule has 1 saturated heterocycles. The van der Waals surface area contributed by atoms with Gasteiger partial charge in [-0.1, -0.05) is 19.4 Å². The molecule has 2 heterocycles. The Kier molecular flexibility index (Phi) is 4.83. The zero-order valence-electron chi connectivity index (χ0n) is 13.0. The van der Waals surface area contributed by atoms with Gasteiger partial charge in [-0.15, -0.1) is 0 Å². The average Bonchev–Trinajstić information content (AvgIpc) is 3.01. The molecule has 1 unspecified atom stereocenters. The summed E-state index contributed by atoms with van der Waals surface area (Å²) < 4.78 is 16.2. The highest BCUT2D eigenvalue weighted by Gasteiger charge is 2.26. The quantitative estimate of drug-likeness (QED) is 0.838. The number of amides is 1. The standard InChI is InChI=1S/C17H23NO4/c1-2-3-14-11-20-9-8-18(14)17(19)7-5-13-4-6-15-16(10-13)22-12-21-15/h4,6,10,14H,2-3,5,7-9,11-12H2,1H3. The van der Waals surface area contributed by atoms with E-state index in [1.54, 1.807) is 0 Å². The summed E-state index contributed by atoms with van der Waals surface area (Å²) in [7, 11) is 0. The van der Waals surface area contributed by atoms with Gasteiger partial charge in [0.2, 0.25) is 12.7 Å². The van der Waals surface area contributed by atoms with Crippen molar-refractivity contribution in [3.05, 3.63) is 23.8 Å². The van der Waals surface area contributed by atoms with Crippen molar-refractivity contribution in [1.82, 2.24) is 4.90 Å². The Balaban J connectivity index is 1.57. The lowest BCUT2D eigenvalue weighted by atomic mass is 10.1. The summed E-state index contributed by atoms with van der Waals surface area (Å²) in [6.07, 6.45) is 3.33. The van der Waals surface area contributed by atoms with Gasteiger partial charge in [0.15, 0.2) is 11.5 Å². The molecule has 0 saturated carbocycles. The van der Waals surface area contributed by atoms with Crippen LogP contribution in [0.25, 0.3) is 0 Å². The average molecular weight is 305 g/mol. The Bertz CT molecular complexity index is 529. The monoisotopic (exact) mass is 305 g/mol. The fraction of sp³-hybridized carbons (Fsp3) is 0.588. The largest absolute Gasteiger partial charge is 0.454 e. The van der Waals surface area contributed by atoms with E-state index in [-0.39, 0.29) is 18.7 Å². The van der Waals surface area contributed by atoms with Gasteiger partial charge in [-0.05, 0) is 30.5 Å². The van der Waals surface area contributed by atoms with Gasteiger partial charge in [0, 0.05) is 13.0 Å². The number of hydrogen-bond acceptors (Lipinski definition) is 4. The predicted octanol–water partition coefficient (Wildman–Crippen LogP) is 2.38. The summed E-state index contributed by atoms with van der Waals surface area (Å²) >= 11 is 0. The van der Waals surface area contributed by atoms with Crippen LogP contribution < -0.4 is 9.47 Å². The van der Waals surface area contributed by atoms with Crippen molar-refractivity contribution in [2.45, 2.75) is 38.6 Å². The first kappa shape index (κ1) is 15.2. The number of nitrogens with zero attached hydrogens (tertiary/aromatic N) is 1. The van der Waals surface area contributed by atoms with Crippen LogP contribution in [0.4, 0.5) is 0 Å². The maximum atomic E-state index is 12.5. The van der Waals surface area contributed by atoms with Crippen molar-refractivity contribution in [1.29, 1.82) is 0 Å². The van der Waals surface area contributed by atoms with Crippen LogP contribution in [-0.4, -0.2) is 43.4 Å². The molecule has 2 aliphatic heterocycles. The van der Waals surface area contributed by atoms with Gasteiger partial charge < -0.3 is 19.1 Å². The van der Waals surface area contributed by atoms with Crippen LogP contribution in [0.2, 0.25) is 0 Å². The summed E-state index contributed by atoms with van der Waals surface area (Å²) in [4.78, 5) is 14.5. The molecule has 1 aromatic carbocycles. The molecule has 1 aromatic rings. The van der Waals surface area contributed by atoms with E-state index in [0.717, 1.165) is 36.3 Å². The lowest BCUT2D eigenvalue weighted by molar-refractivity contribution is -0.140. The van der Waals surface area contributed by atoms with E-state index in [0.29, 0.717) is 26.2 Å². The molecule has 0 aromatic heterocycles. The van der Waals surface area contributed by atoms with Crippen LogP contribution in [0.15, 0.2) is 18.2 Å². The third-order valence-electron chi connectivity index (χ3n) is 4.23. The van der Waals surface area contributed by atoms with Crippen LogP contribution in [-0.2, 0) is 16.0 Å². The highest BCUT2D eigenvalue weighted by Crippen LogP contribution is 2.32. The van der Waals surface area contributed by atoms with Crippen molar-refractivity contribution < 1.29 is 19.0 Å². The maximum absolute atomic E-state index is 12.5. The molecule has 3 rings (SSSR count). The van der Waals surface area contributed by atoms with Crippen molar-refractivity contribution in [3.63, 3.8) is 0 Å². The molecule has 1 fully saturated rings. The van der Waals surface area contributed by atoms with Gasteiger partial charge in [-0.3, -0.25) is 4.79 Å². The van der Waals surface area contributed by atoms with E-state index in [2.05, 4.69) is 6.92 Å². The van der Waals surface area contributed by atoms with Crippen LogP contribution in [0.1, 0.15) is 31.7 Å². The molecule has 120 valence electrons. The fourth-order valence-corrected chi connectivity index (χ4v) is 3.05. The van der Waals surface area contributed by atoms with Crippen molar-refractivity contribution in [2.24, 2.45) is 0 Å². The van der Waals surface area contributed by atoms with Crippen LogP contribution in [0.3, 0.4) is 0 Å². The molecule has 0 aliphatic carbocycles. The SMILES string of the molecule is CCCC1COCCN1C(=O)CCc1ccc2c(c1)OCO2. The molecule has 0 spiro atoms. The number of carbonyl (C=O) groups excluding carboxylic acids is 1. The van der Waals surface area contributed by atoms with E-state index in [9.17, 15) is 4.79 Å². The molecule has 1 atom stereocenters. The smallest absolute Gasteiger partial charge is 0.231 e. The number of carbonyl (C=O) groups is 1. The molecule has 2 aliphatic rings. The molecule has 0 bridgehead atoms. The number of morpholine rings is 1. The van der Waals surface area contributed by atoms with E-state index in [1.165, 1.54) is 0 Å². The molecule has 5 nitrogen and oxygen atoms in total. The zero-order valence-corrected chi connectivity index (χ0v) is 13.0. The minimum atomic E-state index is 0.222. The number of fused-ring (bicyclic) bond motifs is 1. The third-order valence-corrected chi connectivity index (χ3v) is 4.23. The number of benzene rings is 1. The number of hydrogen-bond donors (Lipinski definition) is 0. The Labute approximate surface area is 131 Å². The molecule has 22 heavy (non-hydrogen) atoms. The van der Waals surface area contributed by atoms with Gasteiger partial charge in [-0.25, -0.2) is 0 Å². The Morgan fingerprint density at radius 1 is 1.32 bits per heavy atom. The van der Waals surface area contributed by atoms with Gasteiger partial charge >= 0.3 is 0 Å². The van der Waals surface area contributed by atoms with Crippen LogP contribution in [0.5, 0.6) is 11.5 Å². The van der Waals surface area contributed by atoms with Crippen molar-refractivity contribution in [2.75, 3.05) is 26.6 Å². The minimum Gasteiger partial charge on any atom is -0.454 e. The Morgan fingerprint density at radius 2 is 2.18 bits per heavy atom. The highest BCUT2D eigenvalue weighted by molar-refractivity contribution is 5.77. The lowest BCUT2D eigenvalue weighted by Gasteiger charge is -2.35. The normalized spacial score (nSPS) is 20.2. The van der Waals surface area contributed by atoms with Gasteiger partial charge in [0.1, 0.15) is 0 Å². The summed E-state index contributed by atoms with van der Waals surface area (Å²) in [5.74, 6) is 1.78. The second kappa shape index (κ2) is 7.01. The molecule has 0 N–H and O–H groups in total. The maximum Gasteiger partial charge on any atom is 0.231 e. The molecular weight excluding hydrogens is 282 g/mol. The van der Waals surface area contributed by atoms with E-state index in [4.69, 9.17) is 14.2 Å². The molecule has 5 heteroatoms. The van der Waals surface area contributed by atoms with Crippen LogP contribution >= 0.6 is 0 Å². The first-order chi connectivity index (χ1) is 10.8. The van der Waals surface area contributed by atoms with Gasteiger partial charge in [0.05, 0.1) is 19.3 Å². The third kappa shape index (κ3) is 3.35. The molecule has 1 amide bonds. The zero-order chi connectivity index (χ0) is 15.4. The van der Waals surface area contributed by atoms with Crippen molar-refractivity contribution >= 4 is 5.91 Å². The minimum absolute atomic E-state index is 0.222. The Morgan fingerprint density at radius 3 is 3.05 bits per heavy atom. The highest BCUT2D eigenvalue weighted by atomic mass is 16.7.